The normalized spacial score (nSPS) is 15.6. The second kappa shape index (κ2) is 7.74. The van der Waals surface area contributed by atoms with Crippen molar-refractivity contribution in [3.05, 3.63) is 34.8 Å². The molecule has 2 amide bonds. The van der Waals surface area contributed by atoms with Crippen LogP contribution in [0.3, 0.4) is 0 Å². The van der Waals surface area contributed by atoms with Crippen molar-refractivity contribution in [3.8, 4) is 0 Å². The minimum atomic E-state index is -0.524. The summed E-state index contributed by atoms with van der Waals surface area (Å²) < 4.78 is 6.52. The van der Waals surface area contributed by atoms with E-state index in [0.29, 0.717) is 43.8 Å². The Balaban J connectivity index is 1.56. The van der Waals surface area contributed by atoms with Gasteiger partial charge in [-0.3, -0.25) is 19.1 Å². The van der Waals surface area contributed by atoms with Crippen molar-refractivity contribution >= 4 is 22.9 Å². The number of oxazole rings is 1. The molecule has 8 heteroatoms. The first-order valence-corrected chi connectivity index (χ1v) is 8.82. The molecule has 2 heterocycles. The lowest BCUT2D eigenvalue weighted by Gasteiger charge is -2.34. The van der Waals surface area contributed by atoms with Gasteiger partial charge in [0.05, 0.1) is 12.1 Å². The second-order valence-corrected chi connectivity index (χ2v) is 6.80. The smallest absolute Gasteiger partial charge is 0.408 e. The van der Waals surface area contributed by atoms with E-state index in [9.17, 15) is 14.4 Å². The van der Waals surface area contributed by atoms with E-state index in [4.69, 9.17) is 4.42 Å². The van der Waals surface area contributed by atoms with Crippen LogP contribution in [-0.4, -0.2) is 64.9 Å². The standard InChI is InChI=1S/C18H24N4O4/c1-13(2)19-16(23)11-20-7-9-21(10-8-20)17(24)12-22-14-5-3-4-6-15(14)26-18(22)25/h3-6,13H,7-12H2,1-2H3,(H,19,23). The zero-order chi connectivity index (χ0) is 18.7. The van der Waals surface area contributed by atoms with Crippen molar-refractivity contribution in [2.24, 2.45) is 0 Å². The lowest BCUT2D eigenvalue weighted by molar-refractivity contribution is -0.133. The van der Waals surface area contributed by atoms with Crippen molar-refractivity contribution in [2.75, 3.05) is 32.7 Å². The molecule has 1 saturated heterocycles. The Kier molecular flexibility index (Phi) is 5.41. The molecule has 1 fully saturated rings. The third-order valence-electron chi connectivity index (χ3n) is 4.41. The maximum atomic E-state index is 12.6. The number of para-hydroxylation sites is 2. The predicted octanol–water partition coefficient (Wildman–Crippen LogP) is 0.263. The number of nitrogens with one attached hydrogen (secondary N) is 1. The van der Waals surface area contributed by atoms with Gasteiger partial charge in [0.2, 0.25) is 11.8 Å². The summed E-state index contributed by atoms with van der Waals surface area (Å²) in [6.45, 7) is 6.51. The molecule has 0 aliphatic carbocycles. The van der Waals surface area contributed by atoms with E-state index in [-0.39, 0.29) is 24.4 Å². The Morgan fingerprint density at radius 3 is 2.50 bits per heavy atom. The molecular weight excluding hydrogens is 336 g/mol. The van der Waals surface area contributed by atoms with Gasteiger partial charge in [-0.1, -0.05) is 12.1 Å². The van der Waals surface area contributed by atoms with Gasteiger partial charge < -0.3 is 14.6 Å². The number of piperazine rings is 1. The number of benzene rings is 1. The fraction of sp³-hybridized carbons (Fsp3) is 0.500. The van der Waals surface area contributed by atoms with E-state index >= 15 is 0 Å². The minimum Gasteiger partial charge on any atom is -0.408 e. The summed E-state index contributed by atoms with van der Waals surface area (Å²) in [5.74, 6) is -0.648. The lowest BCUT2D eigenvalue weighted by atomic mass is 10.3. The highest BCUT2D eigenvalue weighted by Crippen LogP contribution is 2.12. The quantitative estimate of drug-likeness (QED) is 0.827. The summed E-state index contributed by atoms with van der Waals surface area (Å²) in [6, 6.07) is 7.18. The number of amides is 2. The van der Waals surface area contributed by atoms with Gasteiger partial charge in [0.25, 0.3) is 0 Å². The Labute approximate surface area is 151 Å². The van der Waals surface area contributed by atoms with Gasteiger partial charge in [-0.05, 0) is 26.0 Å². The maximum Gasteiger partial charge on any atom is 0.420 e. The summed E-state index contributed by atoms with van der Waals surface area (Å²) in [4.78, 5) is 40.1. The van der Waals surface area contributed by atoms with Gasteiger partial charge in [-0.25, -0.2) is 4.79 Å². The third kappa shape index (κ3) is 4.13. The first-order valence-electron chi connectivity index (χ1n) is 8.82. The van der Waals surface area contributed by atoms with E-state index in [1.165, 1.54) is 4.57 Å². The highest BCUT2D eigenvalue weighted by molar-refractivity contribution is 5.80. The van der Waals surface area contributed by atoms with Crippen LogP contribution in [0.4, 0.5) is 0 Å². The van der Waals surface area contributed by atoms with Crippen LogP contribution < -0.4 is 11.1 Å². The lowest BCUT2D eigenvalue weighted by Crippen LogP contribution is -2.52. The average molecular weight is 360 g/mol. The molecule has 1 aliphatic heterocycles. The fourth-order valence-electron chi connectivity index (χ4n) is 3.13. The number of hydrogen-bond acceptors (Lipinski definition) is 5. The number of rotatable bonds is 5. The van der Waals surface area contributed by atoms with Gasteiger partial charge in [0, 0.05) is 32.2 Å². The highest BCUT2D eigenvalue weighted by atomic mass is 16.4. The Hall–Kier alpha value is -2.61. The van der Waals surface area contributed by atoms with Crippen molar-refractivity contribution in [2.45, 2.75) is 26.4 Å². The van der Waals surface area contributed by atoms with Crippen LogP contribution in [-0.2, 0) is 16.1 Å². The van der Waals surface area contributed by atoms with Crippen LogP contribution in [0.25, 0.3) is 11.1 Å². The van der Waals surface area contributed by atoms with Gasteiger partial charge in [0.15, 0.2) is 5.58 Å². The molecule has 2 aromatic rings. The van der Waals surface area contributed by atoms with Gasteiger partial charge >= 0.3 is 5.76 Å². The predicted molar refractivity (Wildman–Crippen MR) is 96.8 cm³/mol. The summed E-state index contributed by atoms with van der Waals surface area (Å²) in [6.07, 6.45) is 0. The molecule has 0 saturated carbocycles. The second-order valence-electron chi connectivity index (χ2n) is 6.80. The molecule has 0 radical (unpaired) electrons. The van der Waals surface area contributed by atoms with E-state index in [0.717, 1.165) is 0 Å². The highest BCUT2D eigenvalue weighted by Gasteiger charge is 2.23. The number of nitrogens with zero attached hydrogens (tertiary/aromatic N) is 3. The molecule has 140 valence electrons. The van der Waals surface area contributed by atoms with Crippen molar-refractivity contribution in [1.29, 1.82) is 0 Å². The largest absolute Gasteiger partial charge is 0.420 e. The average Bonchev–Trinajstić information content (AvgIpc) is 2.90. The molecule has 0 unspecified atom stereocenters. The SMILES string of the molecule is CC(C)NC(=O)CN1CCN(C(=O)Cn2c(=O)oc3ccccc32)CC1. The zero-order valence-corrected chi connectivity index (χ0v) is 15.1. The Bertz CT molecular complexity index is 846. The molecule has 0 bridgehead atoms. The van der Waals surface area contributed by atoms with Crippen LogP contribution in [0.15, 0.2) is 33.5 Å². The van der Waals surface area contributed by atoms with E-state index in [1.54, 1.807) is 29.2 Å². The van der Waals surface area contributed by atoms with Crippen LogP contribution in [0, 0.1) is 0 Å². The molecule has 26 heavy (non-hydrogen) atoms. The fourth-order valence-corrected chi connectivity index (χ4v) is 3.13. The molecule has 8 nitrogen and oxygen atoms in total. The summed E-state index contributed by atoms with van der Waals surface area (Å²) in [5.41, 5.74) is 1.10. The number of carbonyl (C=O) groups excluding carboxylic acids is 2. The summed E-state index contributed by atoms with van der Waals surface area (Å²) in [5, 5.41) is 2.87. The molecule has 1 aromatic heterocycles. The van der Waals surface area contributed by atoms with E-state index in [1.807, 2.05) is 18.7 Å². The molecule has 1 aromatic carbocycles. The van der Waals surface area contributed by atoms with E-state index in [2.05, 4.69) is 5.32 Å². The first kappa shape index (κ1) is 18.2. The molecule has 1 aliphatic rings. The first-order chi connectivity index (χ1) is 12.4. The van der Waals surface area contributed by atoms with Crippen LogP contribution in [0.5, 0.6) is 0 Å². The number of hydrogen-bond donors (Lipinski definition) is 1. The minimum absolute atomic E-state index is 0.00352. The number of fused-ring (bicyclic) bond motifs is 1. The topological polar surface area (TPSA) is 87.8 Å². The molecule has 3 rings (SSSR count). The van der Waals surface area contributed by atoms with Crippen LogP contribution in [0.2, 0.25) is 0 Å². The molecular formula is C18H24N4O4. The molecule has 0 atom stereocenters. The molecule has 0 spiro atoms. The van der Waals surface area contributed by atoms with Crippen molar-refractivity contribution in [1.82, 2.24) is 19.7 Å². The zero-order valence-electron chi connectivity index (χ0n) is 15.1. The Morgan fingerprint density at radius 1 is 1.12 bits per heavy atom. The monoisotopic (exact) mass is 360 g/mol. The van der Waals surface area contributed by atoms with Crippen molar-refractivity contribution in [3.63, 3.8) is 0 Å². The maximum absolute atomic E-state index is 12.6. The van der Waals surface area contributed by atoms with Gasteiger partial charge in [-0.15, -0.1) is 0 Å². The number of aromatic nitrogens is 1. The van der Waals surface area contributed by atoms with Crippen molar-refractivity contribution < 1.29 is 14.0 Å². The molecule has 1 N–H and O–H groups in total. The van der Waals surface area contributed by atoms with Gasteiger partial charge in [0.1, 0.15) is 6.54 Å². The summed E-state index contributed by atoms with van der Waals surface area (Å²) >= 11 is 0. The Morgan fingerprint density at radius 2 is 1.81 bits per heavy atom. The third-order valence-corrected chi connectivity index (χ3v) is 4.41. The van der Waals surface area contributed by atoms with Gasteiger partial charge in [-0.2, -0.15) is 0 Å². The summed E-state index contributed by atoms with van der Waals surface area (Å²) in [7, 11) is 0. The van der Waals surface area contributed by atoms with Crippen LogP contribution in [0.1, 0.15) is 13.8 Å². The van der Waals surface area contributed by atoms with E-state index < -0.39 is 5.76 Å². The number of carbonyl (C=O) groups is 2. The van der Waals surface area contributed by atoms with Crippen LogP contribution >= 0.6 is 0 Å².